The highest BCUT2D eigenvalue weighted by Gasteiger charge is 2.22. The van der Waals surface area contributed by atoms with E-state index in [2.05, 4.69) is 17.1 Å². The van der Waals surface area contributed by atoms with Crippen molar-refractivity contribution in [3.05, 3.63) is 0 Å². The highest BCUT2D eigenvalue weighted by molar-refractivity contribution is 4.80. The fourth-order valence-electron chi connectivity index (χ4n) is 3.56. The van der Waals surface area contributed by atoms with Crippen LogP contribution in [0.4, 0.5) is 0 Å². The summed E-state index contributed by atoms with van der Waals surface area (Å²) in [4.78, 5) is 2.62. The monoisotopic (exact) mass is 238 g/mol. The number of nitrogens with zero attached hydrogens (tertiary/aromatic N) is 1. The third-order valence-corrected chi connectivity index (χ3v) is 4.69. The normalized spacial score (nSPS) is 30.9. The summed E-state index contributed by atoms with van der Waals surface area (Å²) in [6, 6.07) is 0.826. The van der Waals surface area contributed by atoms with Gasteiger partial charge in [0.1, 0.15) is 0 Å². The molecular formula is C15H30N2. The molecule has 0 aromatic carbocycles. The van der Waals surface area contributed by atoms with Crippen LogP contribution < -0.4 is 5.32 Å². The van der Waals surface area contributed by atoms with Gasteiger partial charge in [0.25, 0.3) is 0 Å². The summed E-state index contributed by atoms with van der Waals surface area (Å²) in [6.45, 7) is 7.60. The zero-order valence-corrected chi connectivity index (χ0v) is 11.6. The average molecular weight is 238 g/mol. The molecule has 0 bridgehead atoms. The number of likely N-dealkylation sites (tertiary alicyclic amines) is 1. The summed E-state index contributed by atoms with van der Waals surface area (Å²) in [6.07, 6.45) is 11.3. The van der Waals surface area contributed by atoms with Crippen LogP contribution in [-0.4, -0.2) is 37.1 Å². The Morgan fingerprint density at radius 1 is 1.06 bits per heavy atom. The second kappa shape index (κ2) is 7.38. The maximum absolute atomic E-state index is 3.82. The van der Waals surface area contributed by atoms with Crippen LogP contribution in [0.15, 0.2) is 0 Å². The van der Waals surface area contributed by atoms with Crippen molar-refractivity contribution in [2.24, 2.45) is 5.92 Å². The second-order valence-electron chi connectivity index (χ2n) is 5.92. The van der Waals surface area contributed by atoms with Crippen molar-refractivity contribution < 1.29 is 0 Å². The third-order valence-electron chi connectivity index (χ3n) is 4.69. The highest BCUT2D eigenvalue weighted by atomic mass is 15.1. The lowest BCUT2D eigenvalue weighted by Crippen LogP contribution is -2.39. The average Bonchev–Trinajstić information content (AvgIpc) is 2.88. The van der Waals surface area contributed by atoms with Gasteiger partial charge in [0.05, 0.1) is 0 Å². The second-order valence-corrected chi connectivity index (χ2v) is 5.92. The van der Waals surface area contributed by atoms with Crippen molar-refractivity contribution in [2.45, 2.75) is 64.3 Å². The lowest BCUT2D eigenvalue weighted by molar-refractivity contribution is 0.249. The van der Waals surface area contributed by atoms with E-state index in [1.807, 2.05) is 0 Å². The Morgan fingerprint density at radius 3 is 2.59 bits per heavy atom. The van der Waals surface area contributed by atoms with Crippen molar-refractivity contribution in [1.82, 2.24) is 10.2 Å². The van der Waals surface area contributed by atoms with E-state index in [4.69, 9.17) is 0 Å². The fourth-order valence-corrected chi connectivity index (χ4v) is 3.56. The van der Waals surface area contributed by atoms with Crippen LogP contribution >= 0.6 is 0 Å². The minimum absolute atomic E-state index is 0.826. The van der Waals surface area contributed by atoms with Gasteiger partial charge in [-0.25, -0.2) is 0 Å². The van der Waals surface area contributed by atoms with E-state index < -0.39 is 0 Å². The van der Waals surface area contributed by atoms with Crippen LogP contribution in [0.2, 0.25) is 0 Å². The van der Waals surface area contributed by atoms with Crippen molar-refractivity contribution in [3.63, 3.8) is 0 Å². The van der Waals surface area contributed by atoms with Crippen LogP contribution in [0.3, 0.4) is 0 Å². The number of hydrogen-bond donors (Lipinski definition) is 1. The molecule has 2 unspecified atom stereocenters. The molecule has 2 nitrogen and oxygen atoms in total. The van der Waals surface area contributed by atoms with E-state index >= 15 is 0 Å². The topological polar surface area (TPSA) is 15.3 Å². The largest absolute Gasteiger partial charge is 0.314 e. The Kier molecular flexibility index (Phi) is 5.79. The van der Waals surface area contributed by atoms with E-state index in [0.717, 1.165) is 12.0 Å². The van der Waals surface area contributed by atoms with Gasteiger partial charge in [0.15, 0.2) is 0 Å². The Labute approximate surface area is 107 Å². The van der Waals surface area contributed by atoms with Gasteiger partial charge >= 0.3 is 0 Å². The minimum Gasteiger partial charge on any atom is -0.314 e. The lowest BCUT2D eigenvalue weighted by atomic mass is 9.83. The first-order valence-corrected chi connectivity index (χ1v) is 7.86. The predicted molar refractivity (Wildman–Crippen MR) is 74.3 cm³/mol. The van der Waals surface area contributed by atoms with Crippen molar-refractivity contribution in [1.29, 1.82) is 0 Å². The number of nitrogens with one attached hydrogen (secondary N) is 1. The summed E-state index contributed by atoms with van der Waals surface area (Å²) in [5.41, 5.74) is 0. The SMILES string of the molecule is CCC1CCCCC1NCCCN1CCCC1. The van der Waals surface area contributed by atoms with E-state index in [9.17, 15) is 0 Å². The molecule has 0 spiro atoms. The standard InChI is InChI=1S/C15H30N2/c1-2-14-8-3-4-9-15(14)16-10-7-13-17-11-5-6-12-17/h14-16H,2-13H2,1H3. The molecule has 2 atom stereocenters. The van der Waals surface area contributed by atoms with Crippen molar-refractivity contribution in [3.8, 4) is 0 Å². The summed E-state index contributed by atoms with van der Waals surface area (Å²) in [5.74, 6) is 0.954. The number of rotatable bonds is 6. The first-order chi connectivity index (χ1) is 8.40. The van der Waals surface area contributed by atoms with Crippen LogP contribution in [0.1, 0.15) is 58.3 Å². The van der Waals surface area contributed by atoms with Gasteiger partial charge in [-0.15, -0.1) is 0 Å². The summed E-state index contributed by atoms with van der Waals surface area (Å²) < 4.78 is 0. The molecule has 0 radical (unpaired) electrons. The van der Waals surface area contributed by atoms with E-state index in [1.165, 1.54) is 77.5 Å². The van der Waals surface area contributed by atoms with Crippen LogP contribution in [0, 0.1) is 5.92 Å². The van der Waals surface area contributed by atoms with Crippen LogP contribution in [0.25, 0.3) is 0 Å². The Morgan fingerprint density at radius 2 is 1.82 bits per heavy atom. The minimum atomic E-state index is 0.826. The molecule has 1 saturated heterocycles. The van der Waals surface area contributed by atoms with Gasteiger partial charge in [-0.1, -0.05) is 26.2 Å². The van der Waals surface area contributed by atoms with E-state index in [1.54, 1.807) is 0 Å². The van der Waals surface area contributed by atoms with Crippen LogP contribution in [0.5, 0.6) is 0 Å². The van der Waals surface area contributed by atoms with E-state index in [-0.39, 0.29) is 0 Å². The lowest BCUT2D eigenvalue weighted by Gasteiger charge is -2.32. The Hall–Kier alpha value is -0.0800. The van der Waals surface area contributed by atoms with E-state index in [0.29, 0.717) is 0 Å². The molecule has 17 heavy (non-hydrogen) atoms. The number of hydrogen-bond acceptors (Lipinski definition) is 2. The first-order valence-electron chi connectivity index (χ1n) is 7.86. The molecule has 100 valence electrons. The van der Waals surface area contributed by atoms with Gasteiger partial charge in [0.2, 0.25) is 0 Å². The smallest absolute Gasteiger partial charge is 0.00952 e. The molecule has 1 saturated carbocycles. The van der Waals surface area contributed by atoms with Gasteiger partial charge in [-0.05, 0) is 64.2 Å². The maximum atomic E-state index is 3.82. The fraction of sp³-hybridized carbons (Fsp3) is 1.00. The summed E-state index contributed by atoms with van der Waals surface area (Å²) in [5, 5.41) is 3.82. The molecule has 2 aliphatic rings. The Balaban J connectivity index is 1.56. The van der Waals surface area contributed by atoms with Gasteiger partial charge < -0.3 is 10.2 Å². The van der Waals surface area contributed by atoms with Crippen molar-refractivity contribution in [2.75, 3.05) is 26.2 Å². The Bertz CT molecular complexity index is 199. The van der Waals surface area contributed by atoms with Crippen LogP contribution in [-0.2, 0) is 0 Å². The van der Waals surface area contributed by atoms with Gasteiger partial charge in [0, 0.05) is 6.04 Å². The molecule has 2 rings (SSSR count). The molecule has 1 N–H and O–H groups in total. The third kappa shape index (κ3) is 4.26. The maximum Gasteiger partial charge on any atom is 0.00952 e. The quantitative estimate of drug-likeness (QED) is 0.716. The molecule has 2 fully saturated rings. The summed E-state index contributed by atoms with van der Waals surface area (Å²) in [7, 11) is 0. The zero-order chi connectivity index (χ0) is 11.9. The molecular weight excluding hydrogens is 208 g/mol. The molecule has 0 amide bonds. The van der Waals surface area contributed by atoms with Gasteiger partial charge in [-0.2, -0.15) is 0 Å². The summed E-state index contributed by atoms with van der Waals surface area (Å²) >= 11 is 0. The molecule has 2 heteroatoms. The first kappa shape index (κ1) is 13.4. The molecule has 0 aromatic heterocycles. The predicted octanol–water partition coefficient (Wildman–Crippen LogP) is 3.03. The van der Waals surface area contributed by atoms with Crippen molar-refractivity contribution >= 4 is 0 Å². The molecule has 1 aliphatic heterocycles. The molecule has 1 heterocycles. The molecule has 1 aliphatic carbocycles. The zero-order valence-electron chi connectivity index (χ0n) is 11.6. The van der Waals surface area contributed by atoms with Gasteiger partial charge in [-0.3, -0.25) is 0 Å². The highest BCUT2D eigenvalue weighted by Crippen LogP contribution is 2.26. The molecule has 0 aromatic rings.